The Morgan fingerprint density at radius 1 is 0.804 bits per heavy atom. The van der Waals surface area contributed by atoms with Gasteiger partial charge in [-0.3, -0.25) is 28.3 Å². The summed E-state index contributed by atoms with van der Waals surface area (Å²) in [6.45, 7) is 18.1. The number of nitrogens with zero attached hydrogens (tertiary/aromatic N) is 4. The average Bonchev–Trinajstić information content (AvgIpc) is 2.98. The summed E-state index contributed by atoms with van der Waals surface area (Å²) in [6, 6.07) is 10.7. The third kappa shape index (κ3) is 12.3. The summed E-state index contributed by atoms with van der Waals surface area (Å²) in [7, 11) is 0. The minimum atomic E-state index is -0.611. The van der Waals surface area contributed by atoms with Crippen molar-refractivity contribution in [1.29, 1.82) is 0 Å². The highest BCUT2D eigenvalue weighted by Crippen LogP contribution is 2.46. The lowest BCUT2D eigenvalue weighted by molar-refractivity contribution is -0.156. The normalized spacial score (nSPS) is 13.9. The molecule has 2 aromatic heterocycles. The number of anilines is 3. The molecule has 0 unspecified atom stereocenters. The molecule has 0 aliphatic heterocycles. The molecule has 2 heterocycles. The maximum Gasteiger partial charge on any atom is 0.326 e. The molecule has 0 saturated heterocycles. The molecule has 1 fully saturated rings. The number of esters is 2. The number of carbonyl (C=O) groups is 2. The molecule has 0 amide bonds. The van der Waals surface area contributed by atoms with E-state index in [0.29, 0.717) is 23.9 Å². The van der Waals surface area contributed by atoms with Gasteiger partial charge in [0.2, 0.25) is 11.9 Å². The van der Waals surface area contributed by atoms with Crippen molar-refractivity contribution in [2.75, 3.05) is 16.4 Å². The van der Waals surface area contributed by atoms with E-state index in [2.05, 4.69) is 44.9 Å². The smallest absolute Gasteiger partial charge is 0.326 e. The van der Waals surface area contributed by atoms with Crippen LogP contribution in [0.3, 0.4) is 0 Å². The second-order valence-corrected chi connectivity index (χ2v) is 15.7. The molecular formula is C38H57N7O6. The number of ether oxygens (including phenoxy) is 2. The first-order valence-corrected chi connectivity index (χ1v) is 17.7. The average molecular weight is 708 g/mol. The summed E-state index contributed by atoms with van der Waals surface area (Å²) in [5.74, 6) is -0.264. The number of carbonyl (C=O) groups excluding carboxylic acids is 2. The van der Waals surface area contributed by atoms with Crippen LogP contribution in [0.2, 0.25) is 0 Å². The van der Waals surface area contributed by atoms with Gasteiger partial charge < -0.3 is 25.8 Å². The van der Waals surface area contributed by atoms with Crippen LogP contribution < -0.4 is 27.5 Å². The number of hydrogen-bond acceptors (Lipinski definition) is 11. The van der Waals surface area contributed by atoms with Gasteiger partial charge in [-0.15, -0.1) is 0 Å². The Hall–Kier alpha value is -4.68. The quantitative estimate of drug-likeness (QED) is 0.205. The third-order valence-electron chi connectivity index (χ3n) is 8.01. The van der Waals surface area contributed by atoms with Crippen LogP contribution in [0.5, 0.6) is 0 Å². The van der Waals surface area contributed by atoms with Crippen molar-refractivity contribution in [1.82, 2.24) is 19.1 Å². The number of rotatable bonds is 12. The van der Waals surface area contributed by atoms with E-state index in [0.717, 1.165) is 19.3 Å². The zero-order valence-corrected chi connectivity index (χ0v) is 32.0. The number of nitrogens with one attached hydrogen (secondary N) is 2. The van der Waals surface area contributed by atoms with E-state index >= 15 is 0 Å². The van der Waals surface area contributed by atoms with Gasteiger partial charge >= 0.3 is 11.9 Å². The van der Waals surface area contributed by atoms with E-state index < -0.39 is 28.7 Å². The molecule has 0 atom stereocenters. The van der Waals surface area contributed by atoms with Crippen LogP contribution >= 0.6 is 0 Å². The van der Waals surface area contributed by atoms with Crippen LogP contribution in [0.1, 0.15) is 106 Å². The van der Waals surface area contributed by atoms with Gasteiger partial charge in [-0.25, -0.2) is 9.97 Å². The second-order valence-electron chi connectivity index (χ2n) is 15.7. The lowest BCUT2D eigenvalue weighted by atomic mass is 9.62. The predicted octanol–water partition coefficient (Wildman–Crippen LogP) is 5.45. The van der Waals surface area contributed by atoms with E-state index in [1.165, 1.54) is 27.3 Å². The van der Waals surface area contributed by atoms with Crippen molar-refractivity contribution in [3.8, 4) is 0 Å². The summed E-state index contributed by atoms with van der Waals surface area (Å²) in [6.07, 6.45) is 7.98. The molecule has 13 nitrogen and oxygen atoms in total. The number of benzene rings is 1. The van der Waals surface area contributed by atoms with E-state index in [1.807, 2.05) is 54.5 Å². The highest BCUT2D eigenvalue weighted by Gasteiger charge is 2.38. The van der Waals surface area contributed by atoms with Gasteiger partial charge in [-0.05, 0) is 106 Å². The molecule has 280 valence electrons. The zero-order valence-electron chi connectivity index (χ0n) is 32.0. The van der Waals surface area contributed by atoms with Gasteiger partial charge in [-0.2, -0.15) is 0 Å². The van der Waals surface area contributed by atoms with E-state index in [4.69, 9.17) is 15.2 Å². The number of hydrogen-bond donors (Lipinski definition) is 3. The van der Waals surface area contributed by atoms with Crippen molar-refractivity contribution in [2.45, 2.75) is 143 Å². The molecule has 4 N–H and O–H groups in total. The van der Waals surface area contributed by atoms with Crippen LogP contribution in [0, 0.1) is 0 Å². The van der Waals surface area contributed by atoms with Crippen LogP contribution in [0.25, 0.3) is 0 Å². The molecular weight excluding hydrogens is 650 g/mol. The molecule has 1 aromatic carbocycles. The number of nitrogen functional groups attached to an aromatic ring is 1. The Balaban J connectivity index is 0.000000304. The first-order valence-electron chi connectivity index (χ1n) is 17.7. The molecule has 3 aromatic rings. The molecule has 0 bridgehead atoms. The van der Waals surface area contributed by atoms with Crippen LogP contribution in [0.15, 0.2) is 52.3 Å². The Morgan fingerprint density at radius 2 is 1.27 bits per heavy atom. The first kappa shape index (κ1) is 40.7. The lowest BCUT2D eigenvalue weighted by Crippen LogP contribution is -2.37. The number of aryl methyl sites for hydroxylation is 1. The number of nitrogens with two attached hydrogens (primary N) is 1. The third-order valence-corrected chi connectivity index (χ3v) is 8.01. The Labute approximate surface area is 301 Å². The summed E-state index contributed by atoms with van der Waals surface area (Å²) in [5, 5.41) is 6.17. The molecule has 0 spiro atoms. The largest absolute Gasteiger partial charge is 0.459 e. The summed E-state index contributed by atoms with van der Waals surface area (Å²) in [5.41, 5.74) is 5.80. The van der Waals surface area contributed by atoms with Gasteiger partial charge in [0, 0.05) is 23.8 Å². The van der Waals surface area contributed by atoms with Crippen LogP contribution in [-0.4, -0.2) is 54.3 Å². The molecule has 4 rings (SSSR count). The van der Waals surface area contributed by atoms with Crippen molar-refractivity contribution in [2.24, 2.45) is 0 Å². The van der Waals surface area contributed by atoms with Gasteiger partial charge in [0.25, 0.3) is 11.1 Å². The summed E-state index contributed by atoms with van der Waals surface area (Å²) < 4.78 is 13.2. The summed E-state index contributed by atoms with van der Waals surface area (Å²) >= 11 is 0. The molecule has 0 radical (unpaired) electrons. The predicted molar refractivity (Wildman–Crippen MR) is 201 cm³/mol. The van der Waals surface area contributed by atoms with Crippen LogP contribution in [-0.2, 0) is 44.0 Å². The van der Waals surface area contributed by atoms with E-state index in [-0.39, 0.29) is 41.8 Å². The Morgan fingerprint density at radius 3 is 1.71 bits per heavy atom. The van der Waals surface area contributed by atoms with Crippen molar-refractivity contribution in [3.63, 3.8) is 0 Å². The SMILES string of the molecule is CC(C)Nc1ncc(CCC2(c3ccccc3)CCC2)c(=O)n1CC(=O)OC(C)(C)C.CC(C)Nc1ncc(N)c(=O)n1CC(=O)OC(C)(C)C. The van der Waals surface area contributed by atoms with Gasteiger partial charge in [0.15, 0.2) is 0 Å². The minimum Gasteiger partial charge on any atom is -0.459 e. The molecule has 1 saturated carbocycles. The lowest BCUT2D eigenvalue weighted by Gasteiger charge is -2.43. The fraction of sp³-hybridized carbons (Fsp3) is 0.579. The van der Waals surface area contributed by atoms with E-state index in [9.17, 15) is 19.2 Å². The second kappa shape index (κ2) is 17.0. The van der Waals surface area contributed by atoms with Crippen molar-refractivity contribution < 1.29 is 19.1 Å². The maximum absolute atomic E-state index is 13.3. The summed E-state index contributed by atoms with van der Waals surface area (Å²) in [4.78, 5) is 58.2. The van der Waals surface area contributed by atoms with Gasteiger partial charge in [-0.1, -0.05) is 36.8 Å². The standard InChI is InChI=1S/C25H35N3O3.C13H22N4O3/c1-18(2)27-23-26-16-19(22(30)28(23)17-21(29)31-24(3,4)5)12-15-25(13-9-14-25)20-10-7-6-8-11-20;1-8(2)16-12-15-6-9(14)11(19)17(12)7-10(18)20-13(3,4)5/h6-8,10-11,16,18H,9,12-15,17H2,1-5H3,(H,26,27);6,8H,7,14H2,1-5H3,(H,15,16). The highest BCUT2D eigenvalue weighted by molar-refractivity contribution is 5.70. The maximum atomic E-state index is 13.3. The Bertz CT molecular complexity index is 1750. The first-order chi connectivity index (χ1) is 23.7. The molecule has 51 heavy (non-hydrogen) atoms. The number of aromatic nitrogens is 4. The highest BCUT2D eigenvalue weighted by atomic mass is 16.6. The van der Waals surface area contributed by atoms with E-state index in [1.54, 1.807) is 27.0 Å². The van der Waals surface area contributed by atoms with Crippen molar-refractivity contribution in [3.05, 3.63) is 74.6 Å². The van der Waals surface area contributed by atoms with Crippen molar-refractivity contribution >= 4 is 29.5 Å². The fourth-order valence-electron chi connectivity index (χ4n) is 5.71. The van der Waals surface area contributed by atoms with Gasteiger partial charge in [0.1, 0.15) is 30.0 Å². The van der Waals surface area contributed by atoms with Crippen LogP contribution in [0.4, 0.5) is 17.6 Å². The monoisotopic (exact) mass is 707 g/mol. The molecule has 1 aliphatic carbocycles. The zero-order chi connectivity index (χ0) is 38.1. The molecule has 1 aliphatic rings. The minimum absolute atomic E-state index is 0.0112. The Kier molecular flexibility index (Phi) is 13.6. The fourth-order valence-corrected chi connectivity index (χ4v) is 5.71. The van der Waals surface area contributed by atoms with Gasteiger partial charge in [0.05, 0.1) is 6.20 Å². The molecule has 13 heteroatoms. The topological polar surface area (TPSA) is 172 Å².